The Balaban J connectivity index is 0.000000730. The van der Waals surface area contributed by atoms with Crippen LogP contribution in [0.4, 0.5) is 22.0 Å². The maximum atomic E-state index is 14.6. The van der Waals surface area contributed by atoms with Gasteiger partial charge in [-0.15, -0.1) is 0 Å². The van der Waals surface area contributed by atoms with Gasteiger partial charge in [0.25, 0.3) is 5.56 Å². The van der Waals surface area contributed by atoms with E-state index in [-0.39, 0.29) is 72.9 Å². The minimum absolute atomic E-state index is 0.00622. The standard InChI is InChI=1S/C42H42F5N5O4.C4H6O6/c1-4-56-40(55)41(2,3)50-23-20-32(21-24-50)51(25-27-10-12-28(13-11-27)29-14-17-31(18-15-29)42(45,46)47)36(53)26-52-35(19-16-30-7-5-9-34(43)37(30)44)49-39(54)33-8-6-22-48-38(33)52;5-1(3(7)8)2(6)4(9)10/h5-15,17-18,22,32H,4,16,19-21,23-26H2,1-3H3;1-2,5-6H,(H,7,8)(H,9,10). The molecule has 1 fully saturated rings. The topological polar surface area (TPSA) is 213 Å². The molecular weight excluding hydrogens is 878 g/mol. The zero-order valence-electron chi connectivity index (χ0n) is 36.0. The van der Waals surface area contributed by atoms with Crippen LogP contribution in [0.5, 0.6) is 0 Å². The Morgan fingerprint density at radius 3 is 2.00 bits per heavy atom. The van der Waals surface area contributed by atoms with Gasteiger partial charge < -0.3 is 34.6 Å². The number of carboxylic acids is 2. The molecule has 0 aliphatic carbocycles. The third-order valence-corrected chi connectivity index (χ3v) is 11.2. The minimum atomic E-state index is -4.45. The van der Waals surface area contributed by atoms with E-state index >= 15 is 0 Å². The highest BCUT2D eigenvalue weighted by molar-refractivity contribution is 5.83. The van der Waals surface area contributed by atoms with Crippen molar-refractivity contribution in [2.24, 2.45) is 0 Å². The monoisotopic (exact) mass is 925 g/mol. The average molecular weight is 926 g/mol. The summed E-state index contributed by atoms with van der Waals surface area (Å²) < 4.78 is 75.0. The molecule has 15 nitrogen and oxygen atoms in total. The molecule has 1 aliphatic heterocycles. The Bertz CT molecular complexity index is 2560. The number of aryl methyl sites for hydroxylation is 2. The molecule has 2 unspecified atom stereocenters. The predicted molar refractivity (Wildman–Crippen MR) is 228 cm³/mol. The van der Waals surface area contributed by atoms with Gasteiger partial charge in [0.1, 0.15) is 23.6 Å². The lowest BCUT2D eigenvalue weighted by Gasteiger charge is -2.44. The summed E-state index contributed by atoms with van der Waals surface area (Å²) in [5.41, 5.74) is 0.204. The van der Waals surface area contributed by atoms with Gasteiger partial charge in [-0.3, -0.25) is 19.3 Å². The van der Waals surface area contributed by atoms with Crippen molar-refractivity contribution in [3.05, 3.63) is 130 Å². The molecule has 0 spiro atoms. The molecule has 1 amide bonds. The van der Waals surface area contributed by atoms with Crippen molar-refractivity contribution in [1.82, 2.24) is 24.3 Å². The predicted octanol–water partition coefficient (Wildman–Crippen LogP) is 5.25. The van der Waals surface area contributed by atoms with Crippen LogP contribution in [0.2, 0.25) is 0 Å². The van der Waals surface area contributed by atoms with E-state index in [4.69, 9.17) is 25.2 Å². The number of carboxylic acid groups (broad SMARTS) is 2. The number of nitrogens with zero attached hydrogens (tertiary/aromatic N) is 5. The summed E-state index contributed by atoms with van der Waals surface area (Å²) in [7, 11) is 0. The van der Waals surface area contributed by atoms with E-state index in [0.717, 1.165) is 23.8 Å². The van der Waals surface area contributed by atoms with Gasteiger partial charge in [-0.1, -0.05) is 48.5 Å². The molecule has 1 saturated heterocycles. The molecule has 20 heteroatoms. The maximum absolute atomic E-state index is 14.6. The van der Waals surface area contributed by atoms with Gasteiger partial charge >= 0.3 is 24.1 Å². The SMILES string of the molecule is CCOC(=O)C(C)(C)N1CCC(N(Cc2ccc(-c3ccc(C(F)(F)F)cc3)cc2)C(=O)Cn2c(CCc3cccc(F)c3F)nc(=O)c3cccnc32)CC1.O=C(O)C(O)C(O)C(=O)O. The Kier molecular flexibility index (Phi) is 16.5. The van der Waals surface area contributed by atoms with E-state index in [1.54, 1.807) is 40.7 Å². The van der Waals surface area contributed by atoms with Gasteiger partial charge in [0.05, 0.1) is 17.6 Å². The van der Waals surface area contributed by atoms with Crippen molar-refractivity contribution in [3.8, 4) is 11.1 Å². The van der Waals surface area contributed by atoms with E-state index < -0.39 is 58.6 Å². The molecule has 0 radical (unpaired) electrons. The average Bonchev–Trinajstić information content (AvgIpc) is 3.29. The quantitative estimate of drug-likeness (QED) is 0.0782. The number of hydrogen-bond acceptors (Lipinski definition) is 11. The number of hydrogen-bond donors (Lipinski definition) is 4. The number of aliphatic hydroxyl groups is 2. The summed E-state index contributed by atoms with van der Waals surface area (Å²) in [5.74, 6) is -5.99. The largest absolute Gasteiger partial charge is 0.479 e. The van der Waals surface area contributed by atoms with Crippen molar-refractivity contribution in [3.63, 3.8) is 0 Å². The van der Waals surface area contributed by atoms with Crippen molar-refractivity contribution in [2.45, 2.75) is 89.5 Å². The van der Waals surface area contributed by atoms with Crippen molar-refractivity contribution in [2.75, 3.05) is 19.7 Å². The van der Waals surface area contributed by atoms with Crippen LogP contribution in [-0.2, 0) is 56.0 Å². The van der Waals surface area contributed by atoms with Crippen LogP contribution in [0.3, 0.4) is 0 Å². The number of carbonyl (C=O) groups is 4. The highest BCUT2D eigenvalue weighted by atomic mass is 19.4. The number of piperidine rings is 1. The summed E-state index contributed by atoms with van der Waals surface area (Å²) in [6.45, 7) is 6.54. The zero-order valence-corrected chi connectivity index (χ0v) is 36.0. The molecule has 3 aromatic carbocycles. The number of rotatable bonds is 15. The molecule has 2 atom stereocenters. The van der Waals surface area contributed by atoms with Crippen LogP contribution in [0.15, 0.2) is 89.9 Å². The molecule has 1 aliphatic rings. The zero-order chi connectivity index (χ0) is 48.5. The lowest BCUT2D eigenvalue weighted by atomic mass is 9.95. The molecule has 6 rings (SSSR count). The molecule has 5 aromatic rings. The van der Waals surface area contributed by atoms with Crippen molar-refractivity contribution in [1.29, 1.82) is 0 Å². The fourth-order valence-electron chi connectivity index (χ4n) is 7.43. The number of pyridine rings is 1. The van der Waals surface area contributed by atoms with E-state index in [0.29, 0.717) is 37.1 Å². The van der Waals surface area contributed by atoms with Crippen LogP contribution in [-0.4, -0.2) is 112 Å². The second-order valence-electron chi connectivity index (χ2n) is 15.9. The number of alkyl halides is 3. The summed E-state index contributed by atoms with van der Waals surface area (Å²) in [4.78, 5) is 72.6. The third-order valence-electron chi connectivity index (χ3n) is 11.2. The molecule has 0 bridgehead atoms. The van der Waals surface area contributed by atoms with Crippen LogP contribution in [0.1, 0.15) is 56.1 Å². The number of carbonyl (C=O) groups excluding carboxylic acids is 2. The van der Waals surface area contributed by atoms with E-state index in [9.17, 15) is 45.9 Å². The normalized spacial score (nSPS) is 14.5. The second kappa shape index (κ2) is 21.6. The number of aromatic nitrogens is 3. The molecule has 66 heavy (non-hydrogen) atoms. The number of aliphatic carboxylic acids is 2. The van der Waals surface area contributed by atoms with Crippen molar-refractivity contribution < 1.29 is 66.3 Å². The Morgan fingerprint density at radius 1 is 0.848 bits per heavy atom. The highest BCUT2D eigenvalue weighted by Crippen LogP contribution is 2.32. The second-order valence-corrected chi connectivity index (χ2v) is 15.9. The first-order valence-corrected chi connectivity index (χ1v) is 20.7. The summed E-state index contributed by atoms with van der Waals surface area (Å²) in [6.07, 6.45) is -6.40. The molecule has 4 N–H and O–H groups in total. The maximum Gasteiger partial charge on any atom is 0.416 e. The smallest absolute Gasteiger partial charge is 0.416 e. The first-order chi connectivity index (χ1) is 31.1. The molecular formula is C46H48F5N5O10. The van der Waals surface area contributed by atoms with Crippen LogP contribution in [0, 0.1) is 11.6 Å². The third kappa shape index (κ3) is 12.2. The number of fused-ring (bicyclic) bond motifs is 1. The number of halogens is 5. The lowest BCUT2D eigenvalue weighted by Crippen LogP contribution is -2.56. The Morgan fingerprint density at radius 2 is 1.44 bits per heavy atom. The van der Waals surface area contributed by atoms with Gasteiger partial charge in [0.2, 0.25) is 5.91 Å². The van der Waals surface area contributed by atoms with Crippen molar-refractivity contribution >= 4 is 34.8 Å². The van der Waals surface area contributed by atoms with Gasteiger partial charge in [-0.25, -0.2) is 23.4 Å². The number of esters is 1. The van der Waals surface area contributed by atoms with E-state index in [2.05, 4.69) is 9.97 Å². The number of aliphatic hydroxyl groups excluding tert-OH is 2. The number of ether oxygens (including phenoxy) is 1. The molecule has 0 saturated carbocycles. The lowest BCUT2D eigenvalue weighted by molar-refractivity contribution is -0.165. The summed E-state index contributed by atoms with van der Waals surface area (Å²) in [6, 6.07) is 18.9. The summed E-state index contributed by atoms with van der Waals surface area (Å²) in [5, 5.41) is 32.7. The number of likely N-dealkylation sites (tertiary alicyclic amines) is 1. The summed E-state index contributed by atoms with van der Waals surface area (Å²) >= 11 is 0. The minimum Gasteiger partial charge on any atom is -0.479 e. The first-order valence-electron chi connectivity index (χ1n) is 20.7. The van der Waals surface area contributed by atoms with Crippen LogP contribution < -0.4 is 5.56 Å². The Labute approximate surface area is 374 Å². The number of benzene rings is 3. The highest BCUT2D eigenvalue weighted by Gasteiger charge is 2.40. The van der Waals surface area contributed by atoms with E-state index in [1.807, 2.05) is 30.9 Å². The van der Waals surface area contributed by atoms with E-state index in [1.165, 1.54) is 30.5 Å². The molecule has 352 valence electrons. The van der Waals surface area contributed by atoms with Crippen LogP contribution >= 0.6 is 0 Å². The van der Waals surface area contributed by atoms with Gasteiger partial charge in [-0.05, 0) is 92.6 Å². The molecule has 3 heterocycles. The van der Waals surface area contributed by atoms with Gasteiger partial charge in [0, 0.05) is 38.3 Å². The van der Waals surface area contributed by atoms with Gasteiger partial charge in [-0.2, -0.15) is 18.2 Å². The fourth-order valence-corrected chi connectivity index (χ4v) is 7.43. The number of amides is 1. The molecule has 2 aromatic heterocycles. The van der Waals surface area contributed by atoms with Gasteiger partial charge in [0.15, 0.2) is 23.8 Å². The fraction of sp³-hybridized carbons (Fsp3) is 0.370. The Hall–Kier alpha value is -6.64. The van der Waals surface area contributed by atoms with Crippen LogP contribution in [0.25, 0.3) is 22.2 Å². The first kappa shape index (κ1) is 50.4.